The van der Waals surface area contributed by atoms with Crippen molar-refractivity contribution in [2.75, 3.05) is 14.1 Å². The van der Waals surface area contributed by atoms with Crippen molar-refractivity contribution >= 4 is 29.5 Å². The second kappa shape index (κ2) is 16.6. The van der Waals surface area contributed by atoms with E-state index in [0.717, 1.165) is 5.56 Å². The minimum absolute atomic E-state index is 0.0595. The number of hydrogen-bond donors (Lipinski definition) is 3. The maximum absolute atomic E-state index is 14.1. The van der Waals surface area contributed by atoms with Gasteiger partial charge in [-0.15, -0.1) is 0 Å². The van der Waals surface area contributed by atoms with Crippen LogP contribution in [0.4, 0.5) is 0 Å². The second-order valence-corrected chi connectivity index (χ2v) is 13.9. The predicted octanol–water partition coefficient (Wildman–Crippen LogP) is 3.15. The van der Waals surface area contributed by atoms with Gasteiger partial charge in [0.1, 0.15) is 30.2 Å². The molecule has 1 heterocycles. The van der Waals surface area contributed by atoms with Crippen molar-refractivity contribution in [3.05, 3.63) is 35.9 Å². The summed E-state index contributed by atoms with van der Waals surface area (Å²) < 4.78 is 0. The SMILES string of the molecule is CC(C)C[C@@H]1NC(=O)[C@H](Cc2ccccc2)NC(=O)[C@H](CC(C)C)N(C)C(=O)[C@H](C(C)C)N(C)C(=O)[C@H](CC(C)C)NC1=O. The average Bonchev–Trinajstić information content (AvgIpc) is 2.93. The molecule has 0 radical (unpaired) electrons. The zero-order chi connectivity index (χ0) is 33.3. The average molecular weight is 614 g/mol. The van der Waals surface area contributed by atoms with Gasteiger partial charge >= 0.3 is 0 Å². The predicted molar refractivity (Wildman–Crippen MR) is 172 cm³/mol. The highest BCUT2D eigenvalue weighted by molar-refractivity contribution is 5.98. The van der Waals surface area contributed by atoms with E-state index in [1.54, 1.807) is 14.1 Å². The van der Waals surface area contributed by atoms with Gasteiger partial charge < -0.3 is 25.8 Å². The number of carbonyl (C=O) groups is 5. The Morgan fingerprint density at radius 2 is 1.07 bits per heavy atom. The number of likely N-dealkylation sites (N-methyl/N-ethyl adjacent to an activating group) is 2. The summed E-state index contributed by atoms with van der Waals surface area (Å²) in [5, 5.41) is 8.72. The van der Waals surface area contributed by atoms with E-state index in [-0.39, 0.29) is 41.9 Å². The molecule has 1 aliphatic rings. The summed E-state index contributed by atoms with van der Waals surface area (Å²) in [6, 6.07) is 4.80. The monoisotopic (exact) mass is 613 g/mol. The van der Waals surface area contributed by atoms with E-state index in [9.17, 15) is 24.0 Å². The first kappa shape index (κ1) is 36.8. The van der Waals surface area contributed by atoms with Crippen LogP contribution in [-0.4, -0.2) is 83.6 Å². The Balaban J connectivity index is 2.71. The molecule has 0 spiro atoms. The van der Waals surface area contributed by atoms with E-state index in [4.69, 9.17) is 0 Å². The van der Waals surface area contributed by atoms with E-state index >= 15 is 0 Å². The molecule has 10 heteroatoms. The maximum atomic E-state index is 14.1. The van der Waals surface area contributed by atoms with Crippen molar-refractivity contribution in [1.29, 1.82) is 0 Å². The molecule has 246 valence electrons. The minimum atomic E-state index is -0.993. The number of amides is 5. The van der Waals surface area contributed by atoms with Crippen LogP contribution in [0, 0.1) is 23.7 Å². The summed E-state index contributed by atoms with van der Waals surface area (Å²) in [4.78, 5) is 72.5. The van der Waals surface area contributed by atoms with Crippen molar-refractivity contribution in [1.82, 2.24) is 25.8 Å². The largest absolute Gasteiger partial charge is 0.343 e. The van der Waals surface area contributed by atoms with Gasteiger partial charge in [-0.2, -0.15) is 0 Å². The van der Waals surface area contributed by atoms with E-state index < -0.39 is 47.9 Å². The molecule has 0 saturated carbocycles. The third-order valence-corrected chi connectivity index (χ3v) is 8.04. The fourth-order valence-corrected chi connectivity index (χ4v) is 5.80. The number of nitrogens with one attached hydrogen (secondary N) is 3. The fourth-order valence-electron chi connectivity index (χ4n) is 5.80. The van der Waals surface area contributed by atoms with Crippen LogP contribution in [-0.2, 0) is 30.4 Å². The summed E-state index contributed by atoms with van der Waals surface area (Å²) in [5.41, 5.74) is 0.838. The lowest BCUT2D eigenvalue weighted by molar-refractivity contribution is -0.151. The smallest absolute Gasteiger partial charge is 0.246 e. The van der Waals surface area contributed by atoms with Crippen LogP contribution >= 0.6 is 0 Å². The van der Waals surface area contributed by atoms with Gasteiger partial charge in [-0.1, -0.05) is 85.7 Å². The molecule has 2 rings (SSSR count). The van der Waals surface area contributed by atoms with Crippen molar-refractivity contribution < 1.29 is 24.0 Å². The van der Waals surface area contributed by atoms with Crippen LogP contribution in [0.25, 0.3) is 0 Å². The normalized spacial score (nSPS) is 24.9. The lowest BCUT2D eigenvalue weighted by atomic mass is 9.95. The van der Waals surface area contributed by atoms with E-state index in [0.29, 0.717) is 19.3 Å². The van der Waals surface area contributed by atoms with E-state index in [1.165, 1.54) is 9.80 Å². The highest BCUT2D eigenvalue weighted by Crippen LogP contribution is 2.21. The summed E-state index contributed by atoms with van der Waals surface area (Å²) in [6.45, 7) is 15.5. The molecule has 5 atom stereocenters. The van der Waals surface area contributed by atoms with Crippen molar-refractivity contribution in [3.8, 4) is 0 Å². The molecular weight excluding hydrogens is 558 g/mol. The standard InChI is InChI=1S/C34H55N5O5/c1-20(2)16-25-30(40)37-27(17-21(3)4)33(43)39(10)29(23(7)8)34(44)38(9)28(18-22(5)6)32(42)36-26(31(41)35-25)19-24-14-12-11-13-15-24/h11-15,20-23,25-29H,16-19H2,1-10H3,(H,35,41)(H,36,42)(H,37,40)/t25-,26-,27-,28-,29-/m0/s1. The molecule has 1 aliphatic heterocycles. The van der Waals surface area contributed by atoms with Crippen LogP contribution in [0.2, 0.25) is 0 Å². The van der Waals surface area contributed by atoms with Gasteiger partial charge in [-0.25, -0.2) is 0 Å². The molecule has 3 N–H and O–H groups in total. The lowest BCUT2D eigenvalue weighted by Crippen LogP contribution is -2.59. The molecule has 0 aliphatic carbocycles. The zero-order valence-electron chi connectivity index (χ0n) is 28.3. The van der Waals surface area contributed by atoms with E-state index in [2.05, 4.69) is 16.0 Å². The molecule has 1 saturated heterocycles. The molecule has 1 aromatic rings. The first-order valence-electron chi connectivity index (χ1n) is 16.0. The third-order valence-electron chi connectivity index (χ3n) is 8.04. The summed E-state index contributed by atoms with van der Waals surface area (Å²) in [7, 11) is 3.16. The molecule has 1 fully saturated rings. The first-order valence-corrected chi connectivity index (χ1v) is 16.0. The molecule has 44 heavy (non-hydrogen) atoms. The van der Waals surface area contributed by atoms with Gasteiger partial charge in [-0.05, 0) is 48.5 Å². The van der Waals surface area contributed by atoms with Gasteiger partial charge in [0.05, 0.1) is 0 Å². The van der Waals surface area contributed by atoms with Crippen molar-refractivity contribution in [2.45, 2.75) is 111 Å². The quantitative estimate of drug-likeness (QED) is 0.394. The fraction of sp³-hybridized carbons (Fsp3) is 0.676. The number of benzene rings is 1. The van der Waals surface area contributed by atoms with Gasteiger partial charge in [0, 0.05) is 20.5 Å². The first-order chi connectivity index (χ1) is 20.5. The number of carbonyl (C=O) groups excluding carboxylic acids is 5. The van der Waals surface area contributed by atoms with Gasteiger partial charge in [0.15, 0.2) is 0 Å². The summed E-state index contributed by atoms with van der Waals surface area (Å²) in [6.07, 6.45) is 1.26. The molecule has 1 aromatic carbocycles. The molecule has 0 unspecified atom stereocenters. The Hall–Kier alpha value is -3.43. The Kier molecular flexibility index (Phi) is 13.9. The minimum Gasteiger partial charge on any atom is -0.343 e. The lowest BCUT2D eigenvalue weighted by Gasteiger charge is -2.38. The van der Waals surface area contributed by atoms with Gasteiger partial charge in [-0.3, -0.25) is 24.0 Å². The molecular formula is C34H55N5O5. The number of hydrogen-bond acceptors (Lipinski definition) is 5. The van der Waals surface area contributed by atoms with Gasteiger partial charge in [0.25, 0.3) is 0 Å². The zero-order valence-corrected chi connectivity index (χ0v) is 28.3. The molecule has 5 amide bonds. The van der Waals surface area contributed by atoms with Crippen molar-refractivity contribution in [3.63, 3.8) is 0 Å². The van der Waals surface area contributed by atoms with Crippen molar-refractivity contribution in [2.24, 2.45) is 23.7 Å². The van der Waals surface area contributed by atoms with E-state index in [1.807, 2.05) is 85.7 Å². The van der Waals surface area contributed by atoms with Crippen LogP contribution < -0.4 is 16.0 Å². The topological polar surface area (TPSA) is 128 Å². The Labute approximate surface area is 264 Å². The number of rotatable bonds is 9. The highest BCUT2D eigenvalue weighted by atomic mass is 16.2. The van der Waals surface area contributed by atoms with Crippen LogP contribution in [0.1, 0.15) is 80.2 Å². The maximum Gasteiger partial charge on any atom is 0.246 e. The van der Waals surface area contributed by atoms with Crippen LogP contribution in [0.3, 0.4) is 0 Å². The molecule has 0 bridgehead atoms. The number of nitrogens with zero attached hydrogens (tertiary/aromatic N) is 2. The Morgan fingerprint density at radius 3 is 1.59 bits per heavy atom. The Bertz CT molecular complexity index is 1140. The van der Waals surface area contributed by atoms with Crippen LogP contribution in [0.15, 0.2) is 30.3 Å². The van der Waals surface area contributed by atoms with Gasteiger partial charge in [0.2, 0.25) is 29.5 Å². The third kappa shape index (κ3) is 10.3. The summed E-state index contributed by atoms with van der Waals surface area (Å²) >= 11 is 0. The molecule has 10 nitrogen and oxygen atoms in total. The summed E-state index contributed by atoms with van der Waals surface area (Å²) in [5.74, 6) is -2.26. The second-order valence-electron chi connectivity index (χ2n) is 13.9. The highest BCUT2D eigenvalue weighted by Gasteiger charge is 2.40. The van der Waals surface area contributed by atoms with Crippen LogP contribution in [0.5, 0.6) is 0 Å². The molecule has 0 aromatic heterocycles. The Morgan fingerprint density at radius 1 is 0.591 bits per heavy atom.